The van der Waals surface area contributed by atoms with Crippen LogP contribution in [-0.4, -0.2) is 4.57 Å². The molecule has 0 fully saturated rings. The van der Waals surface area contributed by atoms with Gasteiger partial charge in [-0.05, 0) is 25.1 Å². The number of aryl methyl sites for hydroxylation is 2. The van der Waals surface area contributed by atoms with Crippen LogP contribution >= 0.6 is 11.6 Å². The molecule has 1 heterocycles. The van der Waals surface area contributed by atoms with Gasteiger partial charge < -0.3 is 10.3 Å². The smallest absolute Gasteiger partial charge is 0.253 e. The van der Waals surface area contributed by atoms with E-state index in [1.807, 2.05) is 6.07 Å². The molecule has 0 aliphatic heterocycles. The van der Waals surface area contributed by atoms with E-state index in [1.54, 1.807) is 30.7 Å². The first-order chi connectivity index (χ1) is 7.00. The van der Waals surface area contributed by atoms with Gasteiger partial charge in [-0.15, -0.1) is 0 Å². The van der Waals surface area contributed by atoms with Crippen molar-refractivity contribution in [3.63, 3.8) is 0 Å². The van der Waals surface area contributed by atoms with Gasteiger partial charge in [-0.2, -0.15) is 0 Å². The maximum atomic E-state index is 11.7. The van der Waals surface area contributed by atoms with Crippen molar-refractivity contribution in [2.24, 2.45) is 7.05 Å². The third kappa shape index (κ3) is 1.49. The number of hydrogen-bond acceptors (Lipinski definition) is 2. The number of rotatable bonds is 0. The van der Waals surface area contributed by atoms with Crippen molar-refractivity contribution >= 4 is 28.2 Å². The average molecular weight is 223 g/mol. The summed E-state index contributed by atoms with van der Waals surface area (Å²) in [6.45, 7) is 1.78. The molecular formula is C11H11ClN2O. The van der Waals surface area contributed by atoms with Gasteiger partial charge in [-0.1, -0.05) is 11.6 Å². The summed E-state index contributed by atoms with van der Waals surface area (Å²) >= 11 is 5.91. The molecule has 0 spiro atoms. The summed E-state index contributed by atoms with van der Waals surface area (Å²) in [4.78, 5) is 11.7. The van der Waals surface area contributed by atoms with Crippen LogP contribution in [-0.2, 0) is 7.05 Å². The second-order valence-electron chi connectivity index (χ2n) is 3.62. The molecule has 0 bridgehead atoms. The van der Waals surface area contributed by atoms with Crippen LogP contribution in [0.25, 0.3) is 10.9 Å². The molecule has 78 valence electrons. The molecule has 1 aromatic heterocycles. The Morgan fingerprint density at radius 3 is 2.67 bits per heavy atom. The van der Waals surface area contributed by atoms with Crippen LogP contribution in [0.2, 0.25) is 5.02 Å². The van der Waals surface area contributed by atoms with E-state index >= 15 is 0 Å². The zero-order chi connectivity index (χ0) is 11.2. The number of nitrogens with zero attached hydrogens (tertiary/aromatic N) is 1. The van der Waals surface area contributed by atoms with Crippen molar-refractivity contribution in [2.75, 3.05) is 5.73 Å². The molecule has 1 aromatic carbocycles. The molecule has 0 aliphatic rings. The second kappa shape index (κ2) is 3.28. The van der Waals surface area contributed by atoms with Crippen LogP contribution in [0.1, 0.15) is 5.56 Å². The Morgan fingerprint density at radius 2 is 2.00 bits per heavy atom. The molecule has 0 amide bonds. The Morgan fingerprint density at radius 1 is 1.33 bits per heavy atom. The molecule has 3 nitrogen and oxygen atoms in total. The van der Waals surface area contributed by atoms with Gasteiger partial charge in [-0.25, -0.2) is 0 Å². The van der Waals surface area contributed by atoms with Crippen molar-refractivity contribution in [1.82, 2.24) is 4.57 Å². The summed E-state index contributed by atoms with van der Waals surface area (Å²) in [6, 6.07) is 5.32. The minimum atomic E-state index is -0.0108. The molecular weight excluding hydrogens is 212 g/mol. The van der Waals surface area contributed by atoms with E-state index in [0.29, 0.717) is 16.3 Å². The molecule has 0 aliphatic carbocycles. The molecule has 2 rings (SSSR count). The van der Waals surface area contributed by atoms with Crippen molar-refractivity contribution in [2.45, 2.75) is 6.92 Å². The Labute approximate surface area is 92.1 Å². The van der Waals surface area contributed by atoms with Crippen LogP contribution in [0.3, 0.4) is 0 Å². The lowest BCUT2D eigenvalue weighted by atomic mass is 10.1. The van der Waals surface area contributed by atoms with E-state index < -0.39 is 0 Å². The zero-order valence-corrected chi connectivity index (χ0v) is 9.30. The Balaban J connectivity index is 3.00. The van der Waals surface area contributed by atoms with E-state index in [0.717, 1.165) is 10.9 Å². The number of hydrogen-bond donors (Lipinski definition) is 1. The van der Waals surface area contributed by atoms with Gasteiger partial charge >= 0.3 is 0 Å². The second-order valence-corrected chi connectivity index (χ2v) is 4.03. The third-order valence-electron chi connectivity index (χ3n) is 2.52. The summed E-state index contributed by atoms with van der Waals surface area (Å²) in [5, 5.41) is 1.40. The number of pyridine rings is 1. The molecule has 0 atom stereocenters. The van der Waals surface area contributed by atoms with E-state index in [1.165, 1.54) is 0 Å². The number of nitrogens with two attached hydrogens (primary N) is 1. The quantitative estimate of drug-likeness (QED) is 0.694. The van der Waals surface area contributed by atoms with Crippen LogP contribution in [0, 0.1) is 6.92 Å². The summed E-state index contributed by atoms with van der Waals surface area (Å²) in [5.74, 6) is 0. The Hall–Kier alpha value is -1.48. The molecule has 4 heteroatoms. The van der Waals surface area contributed by atoms with Gasteiger partial charge in [-0.3, -0.25) is 4.79 Å². The number of benzene rings is 1. The van der Waals surface area contributed by atoms with E-state index in [-0.39, 0.29) is 5.56 Å². The predicted molar refractivity (Wildman–Crippen MR) is 63.3 cm³/mol. The van der Waals surface area contributed by atoms with E-state index in [4.69, 9.17) is 17.3 Å². The topological polar surface area (TPSA) is 48.0 Å². The first kappa shape index (κ1) is 10.1. The SMILES string of the molecule is Cc1cc2cc(N)c(Cl)cc2n(C)c1=O. The first-order valence-corrected chi connectivity index (χ1v) is 4.94. The van der Waals surface area contributed by atoms with Crippen molar-refractivity contribution in [1.29, 1.82) is 0 Å². The molecule has 2 aromatic rings. The zero-order valence-electron chi connectivity index (χ0n) is 8.54. The summed E-state index contributed by atoms with van der Waals surface area (Å²) in [5.41, 5.74) is 7.72. The highest BCUT2D eigenvalue weighted by Gasteiger charge is 2.05. The van der Waals surface area contributed by atoms with Crippen LogP contribution in [0.4, 0.5) is 5.69 Å². The van der Waals surface area contributed by atoms with Gasteiger partial charge in [0, 0.05) is 18.0 Å². The third-order valence-corrected chi connectivity index (χ3v) is 2.85. The van der Waals surface area contributed by atoms with Crippen LogP contribution < -0.4 is 11.3 Å². The maximum Gasteiger partial charge on any atom is 0.253 e. The fraction of sp³-hybridized carbons (Fsp3) is 0.182. The monoisotopic (exact) mass is 222 g/mol. The lowest BCUT2D eigenvalue weighted by Gasteiger charge is -2.08. The molecule has 0 saturated heterocycles. The lowest BCUT2D eigenvalue weighted by molar-refractivity contribution is 0.893. The lowest BCUT2D eigenvalue weighted by Crippen LogP contribution is -2.19. The standard InChI is InChI=1S/C11H11ClN2O/c1-6-3-7-4-9(13)8(12)5-10(7)14(2)11(6)15/h3-5H,13H2,1-2H3. The highest BCUT2D eigenvalue weighted by molar-refractivity contribution is 6.33. The molecule has 0 saturated carbocycles. The van der Waals surface area contributed by atoms with Gasteiger partial charge in [0.2, 0.25) is 0 Å². The maximum absolute atomic E-state index is 11.7. The highest BCUT2D eigenvalue weighted by atomic mass is 35.5. The van der Waals surface area contributed by atoms with E-state index in [9.17, 15) is 4.79 Å². The number of anilines is 1. The number of fused-ring (bicyclic) bond motifs is 1. The first-order valence-electron chi connectivity index (χ1n) is 4.56. The summed E-state index contributed by atoms with van der Waals surface area (Å²) < 4.78 is 1.58. The Bertz CT molecular complexity index is 602. The number of nitrogen functional groups attached to an aromatic ring is 1. The predicted octanol–water partition coefficient (Wildman–Crippen LogP) is 2.08. The van der Waals surface area contributed by atoms with Crippen molar-refractivity contribution in [3.8, 4) is 0 Å². The minimum absolute atomic E-state index is 0.0108. The van der Waals surface area contributed by atoms with Crippen molar-refractivity contribution in [3.05, 3.63) is 39.1 Å². The highest BCUT2D eigenvalue weighted by Crippen LogP contribution is 2.24. The summed E-state index contributed by atoms with van der Waals surface area (Å²) in [7, 11) is 1.73. The molecule has 0 unspecified atom stereocenters. The fourth-order valence-corrected chi connectivity index (χ4v) is 1.83. The van der Waals surface area contributed by atoms with Gasteiger partial charge in [0.25, 0.3) is 5.56 Å². The number of aromatic nitrogens is 1. The van der Waals surface area contributed by atoms with Crippen LogP contribution in [0.15, 0.2) is 23.0 Å². The van der Waals surface area contributed by atoms with Gasteiger partial charge in [0.1, 0.15) is 0 Å². The normalized spacial score (nSPS) is 10.9. The van der Waals surface area contributed by atoms with Gasteiger partial charge in [0.05, 0.1) is 16.2 Å². The largest absolute Gasteiger partial charge is 0.398 e. The fourth-order valence-electron chi connectivity index (χ4n) is 1.67. The molecule has 0 radical (unpaired) electrons. The number of halogens is 1. The Kier molecular flexibility index (Phi) is 2.20. The summed E-state index contributed by atoms with van der Waals surface area (Å²) in [6.07, 6.45) is 0. The van der Waals surface area contributed by atoms with E-state index in [2.05, 4.69) is 0 Å². The molecule has 15 heavy (non-hydrogen) atoms. The average Bonchev–Trinajstić information content (AvgIpc) is 2.19. The minimum Gasteiger partial charge on any atom is -0.398 e. The van der Waals surface area contributed by atoms with Gasteiger partial charge in [0.15, 0.2) is 0 Å². The van der Waals surface area contributed by atoms with Crippen LogP contribution in [0.5, 0.6) is 0 Å². The molecule has 2 N–H and O–H groups in total. The van der Waals surface area contributed by atoms with Crippen molar-refractivity contribution < 1.29 is 0 Å².